The summed E-state index contributed by atoms with van der Waals surface area (Å²) in [5.41, 5.74) is 1.36. The molecule has 4 rings (SSSR count). The molecular formula is C22H30O4. The first kappa shape index (κ1) is 17.8. The van der Waals surface area contributed by atoms with Crippen LogP contribution in [0.15, 0.2) is 16.7 Å². The smallest absolute Gasteiger partial charge is 0.302 e. The van der Waals surface area contributed by atoms with Gasteiger partial charge >= 0.3 is 5.97 Å². The summed E-state index contributed by atoms with van der Waals surface area (Å²) >= 11 is 0. The van der Waals surface area contributed by atoms with Crippen molar-refractivity contribution >= 4 is 12.3 Å². The molecule has 2 fully saturated rings. The summed E-state index contributed by atoms with van der Waals surface area (Å²) in [6.45, 7) is 8.62. The Morgan fingerprint density at radius 1 is 1.31 bits per heavy atom. The average molecular weight is 358 g/mol. The van der Waals surface area contributed by atoms with Gasteiger partial charge in [0, 0.05) is 30.7 Å². The summed E-state index contributed by atoms with van der Waals surface area (Å²) in [7, 11) is 0. The van der Waals surface area contributed by atoms with Crippen LogP contribution in [0.25, 0.3) is 0 Å². The lowest BCUT2D eigenvalue weighted by Gasteiger charge is -2.62. The van der Waals surface area contributed by atoms with Crippen molar-refractivity contribution in [3.63, 3.8) is 0 Å². The lowest BCUT2D eigenvalue weighted by molar-refractivity contribution is -0.182. The molecule has 0 bridgehead atoms. The van der Waals surface area contributed by atoms with Gasteiger partial charge in [0.25, 0.3) is 0 Å². The number of furan rings is 1. The Balaban J connectivity index is 1.83. The van der Waals surface area contributed by atoms with Crippen molar-refractivity contribution in [1.29, 1.82) is 0 Å². The molecule has 0 unspecified atom stereocenters. The first-order chi connectivity index (χ1) is 12.3. The lowest BCUT2D eigenvalue weighted by atomic mass is 9.43. The zero-order chi connectivity index (χ0) is 18.7. The van der Waals surface area contributed by atoms with Gasteiger partial charge in [0.15, 0.2) is 0 Å². The molecule has 0 N–H and O–H groups in total. The minimum atomic E-state index is -0.242. The summed E-state index contributed by atoms with van der Waals surface area (Å²) in [5.74, 6) is 1.31. The number of carbonyl (C=O) groups is 2. The molecule has 142 valence electrons. The highest BCUT2D eigenvalue weighted by Gasteiger charge is 2.61. The minimum absolute atomic E-state index is 0.0525. The first-order valence-electron chi connectivity index (χ1n) is 9.96. The normalized spacial score (nSPS) is 40.7. The van der Waals surface area contributed by atoms with E-state index in [4.69, 9.17) is 9.15 Å². The Morgan fingerprint density at radius 2 is 2.08 bits per heavy atom. The SMILES string of the molecule is CC(=O)O[C@H]1C[C@H]2C(C)(C)CCC[C@]2(C)[C@H]2Cc3occc3[C@@H](C=O)[C@H]12. The van der Waals surface area contributed by atoms with Crippen LogP contribution >= 0.6 is 0 Å². The second kappa shape index (κ2) is 5.97. The molecule has 0 spiro atoms. The van der Waals surface area contributed by atoms with Gasteiger partial charge in [0.1, 0.15) is 18.2 Å². The van der Waals surface area contributed by atoms with Crippen LogP contribution in [0.5, 0.6) is 0 Å². The second-order valence-corrected chi connectivity index (χ2v) is 9.63. The molecule has 0 aliphatic heterocycles. The van der Waals surface area contributed by atoms with E-state index in [1.54, 1.807) is 6.26 Å². The molecule has 3 aliphatic carbocycles. The van der Waals surface area contributed by atoms with E-state index in [1.807, 2.05) is 6.07 Å². The first-order valence-corrected chi connectivity index (χ1v) is 9.96. The van der Waals surface area contributed by atoms with Gasteiger partial charge in [0.2, 0.25) is 0 Å². The number of hydrogen-bond donors (Lipinski definition) is 0. The summed E-state index contributed by atoms with van der Waals surface area (Å²) in [6, 6.07) is 1.93. The number of ether oxygens (including phenoxy) is 1. The Kier molecular flexibility index (Phi) is 4.09. The zero-order valence-corrected chi connectivity index (χ0v) is 16.3. The maximum Gasteiger partial charge on any atom is 0.302 e. The Bertz CT molecular complexity index is 717. The molecule has 0 radical (unpaired) electrons. The molecule has 26 heavy (non-hydrogen) atoms. The number of aldehydes is 1. The number of hydrogen-bond acceptors (Lipinski definition) is 4. The van der Waals surface area contributed by atoms with Crippen molar-refractivity contribution < 1.29 is 18.7 Å². The second-order valence-electron chi connectivity index (χ2n) is 9.63. The summed E-state index contributed by atoms with van der Waals surface area (Å²) in [4.78, 5) is 24.0. The van der Waals surface area contributed by atoms with Gasteiger partial charge in [-0.2, -0.15) is 0 Å². The number of esters is 1. The summed E-state index contributed by atoms with van der Waals surface area (Å²) in [5, 5.41) is 0. The van der Waals surface area contributed by atoms with Crippen LogP contribution in [-0.2, 0) is 20.7 Å². The Labute approximate surface area is 155 Å². The number of carbonyl (C=O) groups excluding carboxylic acids is 2. The van der Waals surface area contributed by atoms with E-state index in [0.717, 1.165) is 30.5 Å². The van der Waals surface area contributed by atoms with E-state index >= 15 is 0 Å². The van der Waals surface area contributed by atoms with Gasteiger partial charge in [0.05, 0.1) is 6.26 Å². The van der Waals surface area contributed by atoms with Gasteiger partial charge in [-0.05, 0) is 48.0 Å². The fraction of sp³-hybridized carbons (Fsp3) is 0.727. The van der Waals surface area contributed by atoms with Crippen molar-refractivity contribution in [2.24, 2.45) is 28.6 Å². The molecule has 0 aromatic carbocycles. The van der Waals surface area contributed by atoms with Crippen LogP contribution in [0.2, 0.25) is 0 Å². The highest BCUT2D eigenvalue weighted by molar-refractivity contribution is 5.67. The van der Waals surface area contributed by atoms with E-state index in [9.17, 15) is 9.59 Å². The molecule has 0 amide bonds. The molecule has 6 atom stereocenters. The van der Waals surface area contributed by atoms with Gasteiger partial charge in [-0.1, -0.05) is 27.2 Å². The van der Waals surface area contributed by atoms with Crippen molar-refractivity contribution in [3.05, 3.63) is 23.7 Å². The fourth-order valence-corrected chi connectivity index (χ4v) is 6.86. The maximum atomic E-state index is 12.1. The average Bonchev–Trinajstić information content (AvgIpc) is 3.02. The summed E-state index contributed by atoms with van der Waals surface area (Å²) < 4.78 is 11.6. The van der Waals surface area contributed by atoms with Gasteiger partial charge in [-0.3, -0.25) is 4.79 Å². The summed E-state index contributed by atoms with van der Waals surface area (Å²) in [6.07, 6.45) is 7.88. The van der Waals surface area contributed by atoms with E-state index in [-0.39, 0.29) is 34.7 Å². The predicted octanol–water partition coefficient (Wildman–Crippen LogP) is 4.52. The third kappa shape index (κ3) is 2.48. The van der Waals surface area contributed by atoms with E-state index in [2.05, 4.69) is 20.8 Å². The monoisotopic (exact) mass is 358 g/mol. The molecule has 0 saturated heterocycles. The van der Waals surface area contributed by atoms with Crippen LogP contribution in [-0.4, -0.2) is 18.4 Å². The predicted molar refractivity (Wildman–Crippen MR) is 97.6 cm³/mol. The van der Waals surface area contributed by atoms with Crippen LogP contribution in [0.4, 0.5) is 0 Å². The maximum absolute atomic E-state index is 12.1. The van der Waals surface area contributed by atoms with Crippen LogP contribution in [0, 0.1) is 28.6 Å². The highest BCUT2D eigenvalue weighted by Crippen LogP contribution is 2.65. The molecule has 1 aromatic heterocycles. The van der Waals surface area contributed by atoms with Crippen molar-refractivity contribution in [1.82, 2.24) is 0 Å². The van der Waals surface area contributed by atoms with E-state index < -0.39 is 0 Å². The van der Waals surface area contributed by atoms with Gasteiger partial charge < -0.3 is 13.9 Å². The Morgan fingerprint density at radius 3 is 2.77 bits per heavy atom. The Hall–Kier alpha value is -1.58. The molecule has 1 aromatic rings. The molecule has 3 aliphatic rings. The van der Waals surface area contributed by atoms with E-state index in [1.165, 1.54) is 26.2 Å². The van der Waals surface area contributed by atoms with Gasteiger partial charge in [-0.15, -0.1) is 0 Å². The number of fused-ring (bicyclic) bond motifs is 4. The highest BCUT2D eigenvalue weighted by atomic mass is 16.5. The molecule has 1 heterocycles. The van der Waals surface area contributed by atoms with Crippen molar-refractivity contribution in [2.75, 3.05) is 0 Å². The van der Waals surface area contributed by atoms with E-state index in [0.29, 0.717) is 11.8 Å². The van der Waals surface area contributed by atoms with Crippen LogP contribution < -0.4 is 0 Å². The molecule has 4 nitrogen and oxygen atoms in total. The molecular weight excluding hydrogens is 328 g/mol. The van der Waals surface area contributed by atoms with Gasteiger partial charge in [-0.25, -0.2) is 0 Å². The third-order valence-electron chi connectivity index (χ3n) is 7.91. The van der Waals surface area contributed by atoms with Crippen molar-refractivity contribution in [3.8, 4) is 0 Å². The van der Waals surface area contributed by atoms with Crippen LogP contribution in [0.3, 0.4) is 0 Å². The van der Waals surface area contributed by atoms with Crippen LogP contribution in [0.1, 0.15) is 70.6 Å². The molecule has 2 saturated carbocycles. The largest absolute Gasteiger partial charge is 0.469 e. The lowest BCUT2D eigenvalue weighted by Crippen LogP contribution is -2.59. The fourth-order valence-electron chi connectivity index (χ4n) is 6.86. The quantitative estimate of drug-likeness (QED) is 0.576. The molecule has 4 heteroatoms. The number of rotatable bonds is 2. The topological polar surface area (TPSA) is 56.5 Å². The zero-order valence-electron chi connectivity index (χ0n) is 16.3. The third-order valence-corrected chi connectivity index (χ3v) is 7.91. The standard InChI is InChI=1S/C22H30O4/c1-13(24)26-18-11-19-21(2,3)7-5-8-22(19,4)16-10-17-14(6-9-25-17)15(12-23)20(16)18/h6,9,12,15-16,18-20H,5,7-8,10-11H2,1-4H3/t15-,16+,18+,19+,20+,22-/m1/s1. The van der Waals surface area contributed by atoms with Crippen molar-refractivity contribution in [2.45, 2.75) is 71.8 Å². The minimum Gasteiger partial charge on any atom is -0.469 e.